The van der Waals surface area contributed by atoms with Crippen molar-refractivity contribution in [3.8, 4) is 0 Å². The molecule has 2 N–H and O–H groups in total. The number of fused-ring (bicyclic) bond motifs is 1. The first kappa shape index (κ1) is 18.9. The van der Waals surface area contributed by atoms with Gasteiger partial charge in [0.1, 0.15) is 0 Å². The van der Waals surface area contributed by atoms with Crippen molar-refractivity contribution in [1.29, 1.82) is 0 Å². The molecule has 3 heteroatoms. The molecule has 1 aliphatic carbocycles. The second-order valence-electron chi connectivity index (χ2n) is 6.02. The number of benzene rings is 1. The van der Waals surface area contributed by atoms with E-state index in [0.717, 1.165) is 13.0 Å². The quantitative estimate of drug-likeness (QED) is 0.649. The number of aliphatic hydroxyl groups is 2. The van der Waals surface area contributed by atoms with Gasteiger partial charge in [0, 0.05) is 18.4 Å². The van der Waals surface area contributed by atoms with Gasteiger partial charge in [-0.1, -0.05) is 56.3 Å². The molecule has 124 valence electrons. The predicted octanol–water partition coefficient (Wildman–Crippen LogP) is 3.55. The third-order valence-electron chi connectivity index (χ3n) is 3.53. The molecule has 1 saturated heterocycles. The van der Waals surface area contributed by atoms with Crippen LogP contribution in [0, 0.1) is 11.8 Å². The van der Waals surface area contributed by atoms with Crippen LogP contribution in [0.1, 0.15) is 39.7 Å². The monoisotopic (exact) mass is 306 g/mol. The number of hydrogen-bond acceptors (Lipinski definition) is 3. The SMILES string of the molecule is C1=CC(Cc2ccccc2)C2OCCC12.CC.CC(C)(O)O. The van der Waals surface area contributed by atoms with E-state index in [0.29, 0.717) is 17.9 Å². The minimum Gasteiger partial charge on any atom is -0.377 e. The molecule has 1 aliphatic heterocycles. The molecule has 3 rings (SSSR count). The van der Waals surface area contributed by atoms with E-state index in [2.05, 4.69) is 42.5 Å². The maximum absolute atomic E-state index is 8.08. The average Bonchev–Trinajstić information content (AvgIpc) is 3.06. The minimum atomic E-state index is -1.50. The second-order valence-corrected chi connectivity index (χ2v) is 6.02. The molecule has 0 radical (unpaired) electrons. The lowest BCUT2D eigenvalue weighted by Gasteiger charge is -2.17. The first-order valence-electron chi connectivity index (χ1n) is 8.22. The van der Waals surface area contributed by atoms with Crippen LogP contribution in [0.4, 0.5) is 0 Å². The molecule has 2 aliphatic rings. The van der Waals surface area contributed by atoms with E-state index in [4.69, 9.17) is 14.9 Å². The van der Waals surface area contributed by atoms with E-state index < -0.39 is 5.79 Å². The molecule has 3 nitrogen and oxygen atoms in total. The van der Waals surface area contributed by atoms with Crippen LogP contribution in [-0.4, -0.2) is 28.7 Å². The zero-order valence-electron chi connectivity index (χ0n) is 14.2. The van der Waals surface area contributed by atoms with Crippen LogP contribution in [0.25, 0.3) is 0 Å². The molecular formula is C19H30O3. The smallest absolute Gasteiger partial charge is 0.156 e. The maximum atomic E-state index is 8.08. The Balaban J connectivity index is 0.000000299. The maximum Gasteiger partial charge on any atom is 0.156 e. The van der Waals surface area contributed by atoms with Crippen LogP contribution < -0.4 is 0 Å². The van der Waals surface area contributed by atoms with Crippen LogP contribution >= 0.6 is 0 Å². The second kappa shape index (κ2) is 9.09. The van der Waals surface area contributed by atoms with Crippen LogP contribution in [0.2, 0.25) is 0 Å². The zero-order chi connectivity index (χ0) is 16.6. The fraction of sp³-hybridized carbons (Fsp3) is 0.579. The molecule has 3 unspecified atom stereocenters. The fourth-order valence-electron chi connectivity index (χ4n) is 2.74. The normalized spacial score (nSPS) is 25.6. The lowest BCUT2D eigenvalue weighted by atomic mass is 9.93. The van der Waals surface area contributed by atoms with E-state index in [9.17, 15) is 0 Å². The van der Waals surface area contributed by atoms with Gasteiger partial charge in [0.05, 0.1) is 6.10 Å². The summed E-state index contributed by atoms with van der Waals surface area (Å²) in [7, 11) is 0. The molecule has 0 spiro atoms. The average molecular weight is 306 g/mol. The molecule has 1 fully saturated rings. The van der Waals surface area contributed by atoms with E-state index in [-0.39, 0.29) is 0 Å². The van der Waals surface area contributed by atoms with Crippen molar-refractivity contribution in [2.45, 2.75) is 52.4 Å². The summed E-state index contributed by atoms with van der Waals surface area (Å²) in [5.74, 6) is -0.210. The van der Waals surface area contributed by atoms with Gasteiger partial charge in [-0.25, -0.2) is 0 Å². The molecule has 0 bridgehead atoms. The Labute approximate surface area is 134 Å². The van der Waals surface area contributed by atoms with Crippen molar-refractivity contribution >= 4 is 0 Å². The fourth-order valence-corrected chi connectivity index (χ4v) is 2.74. The van der Waals surface area contributed by atoms with Gasteiger partial charge < -0.3 is 14.9 Å². The van der Waals surface area contributed by atoms with Crippen molar-refractivity contribution in [1.82, 2.24) is 0 Å². The highest BCUT2D eigenvalue weighted by Crippen LogP contribution is 2.36. The summed E-state index contributed by atoms with van der Waals surface area (Å²) in [6, 6.07) is 10.7. The highest BCUT2D eigenvalue weighted by molar-refractivity contribution is 5.20. The van der Waals surface area contributed by atoms with Crippen molar-refractivity contribution in [3.63, 3.8) is 0 Å². The molecule has 1 aromatic rings. The summed E-state index contributed by atoms with van der Waals surface area (Å²) in [5.41, 5.74) is 1.42. The van der Waals surface area contributed by atoms with Gasteiger partial charge in [0.25, 0.3) is 0 Å². The Kier molecular flexibility index (Phi) is 7.80. The summed E-state index contributed by atoms with van der Waals surface area (Å²) >= 11 is 0. The predicted molar refractivity (Wildman–Crippen MR) is 90.5 cm³/mol. The van der Waals surface area contributed by atoms with Gasteiger partial charge in [-0.2, -0.15) is 0 Å². The molecule has 0 aromatic heterocycles. The third-order valence-corrected chi connectivity index (χ3v) is 3.53. The number of hydrogen-bond donors (Lipinski definition) is 2. The number of ether oxygens (including phenoxy) is 1. The zero-order valence-corrected chi connectivity index (χ0v) is 14.2. The van der Waals surface area contributed by atoms with Crippen molar-refractivity contribution in [2.24, 2.45) is 11.8 Å². The molecule has 0 amide bonds. The van der Waals surface area contributed by atoms with Crippen molar-refractivity contribution in [2.75, 3.05) is 6.61 Å². The van der Waals surface area contributed by atoms with E-state index in [1.807, 2.05) is 13.8 Å². The molecule has 0 saturated carbocycles. The summed E-state index contributed by atoms with van der Waals surface area (Å²) in [6.07, 6.45) is 7.50. The molecule has 3 atom stereocenters. The summed E-state index contributed by atoms with van der Waals surface area (Å²) in [4.78, 5) is 0. The number of rotatable bonds is 2. The third kappa shape index (κ3) is 6.73. The van der Waals surface area contributed by atoms with Crippen molar-refractivity contribution in [3.05, 3.63) is 48.0 Å². The Morgan fingerprint density at radius 3 is 2.27 bits per heavy atom. The Bertz CT molecular complexity index is 428. The van der Waals surface area contributed by atoms with Crippen LogP contribution in [-0.2, 0) is 11.2 Å². The Hall–Kier alpha value is -1.16. The summed E-state index contributed by atoms with van der Waals surface area (Å²) in [6.45, 7) is 7.55. The van der Waals surface area contributed by atoms with E-state index >= 15 is 0 Å². The van der Waals surface area contributed by atoms with Gasteiger partial charge >= 0.3 is 0 Å². The molecule has 1 heterocycles. The summed E-state index contributed by atoms with van der Waals surface area (Å²) in [5, 5.41) is 16.2. The van der Waals surface area contributed by atoms with Crippen molar-refractivity contribution < 1.29 is 14.9 Å². The lowest BCUT2D eigenvalue weighted by Crippen LogP contribution is -2.20. The van der Waals surface area contributed by atoms with Crippen LogP contribution in [0.15, 0.2) is 42.5 Å². The topological polar surface area (TPSA) is 49.7 Å². The van der Waals surface area contributed by atoms with E-state index in [1.54, 1.807) is 0 Å². The molecule has 1 aromatic carbocycles. The summed E-state index contributed by atoms with van der Waals surface area (Å²) < 4.78 is 5.80. The molecule has 22 heavy (non-hydrogen) atoms. The Morgan fingerprint density at radius 1 is 1.09 bits per heavy atom. The van der Waals surface area contributed by atoms with Crippen LogP contribution in [0.3, 0.4) is 0 Å². The highest BCUT2D eigenvalue weighted by atomic mass is 16.5. The van der Waals surface area contributed by atoms with E-state index in [1.165, 1.54) is 25.8 Å². The van der Waals surface area contributed by atoms with Gasteiger partial charge in [0.2, 0.25) is 0 Å². The minimum absolute atomic E-state index is 0.463. The first-order chi connectivity index (χ1) is 10.4. The highest BCUT2D eigenvalue weighted by Gasteiger charge is 2.36. The van der Waals surface area contributed by atoms with Gasteiger partial charge in [-0.3, -0.25) is 0 Å². The van der Waals surface area contributed by atoms with Gasteiger partial charge in [-0.15, -0.1) is 0 Å². The first-order valence-corrected chi connectivity index (χ1v) is 8.22. The largest absolute Gasteiger partial charge is 0.377 e. The van der Waals surface area contributed by atoms with Gasteiger partial charge in [-0.05, 0) is 32.3 Å². The van der Waals surface area contributed by atoms with Crippen LogP contribution in [0.5, 0.6) is 0 Å². The van der Waals surface area contributed by atoms with Gasteiger partial charge in [0.15, 0.2) is 5.79 Å². The Morgan fingerprint density at radius 2 is 1.68 bits per heavy atom. The lowest BCUT2D eigenvalue weighted by molar-refractivity contribution is -0.127. The molecular weight excluding hydrogens is 276 g/mol. The standard InChI is InChI=1S/C14H16O.C3H8O2.C2H6/c1-2-4-11(5-3-1)10-13-7-6-12-8-9-15-14(12)13;1-3(2,4)5;1-2/h1-7,12-14H,8-10H2;4-5H,1-2H3;1-2H3.